The number of hydrogen-bond donors (Lipinski definition) is 1. The van der Waals surface area contributed by atoms with Gasteiger partial charge in [-0.15, -0.1) is 0 Å². The molecule has 0 saturated heterocycles. The zero-order valence-corrected chi connectivity index (χ0v) is 19.2. The van der Waals surface area contributed by atoms with Crippen molar-refractivity contribution in [3.05, 3.63) is 0 Å². The third-order valence-electron chi connectivity index (χ3n) is 5.70. The van der Waals surface area contributed by atoms with E-state index >= 15 is 0 Å². The van der Waals surface area contributed by atoms with Gasteiger partial charge in [0.25, 0.3) is 0 Å². The number of hydrogen-bond acceptors (Lipinski definition) is 3. The number of rotatable bonds is 22. The maximum atomic E-state index is 12.1. The Morgan fingerprint density at radius 2 is 1.14 bits per heavy atom. The Bertz CT molecular complexity index is 317. The summed E-state index contributed by atoms with van der Waals surface area (Å²) < 4.78 is 5.63. The minimum atomic E-state index is -0.00291. The van der Waals surface area contributed by atoms with Crippen LogP contribution < -0.4 is 0 Å². The lowest BCUT2D eigenvalue weighted by Gasteiger charge is -2.17. The monoisotopic (exact) mass is 398 g/mol. The number of unbranched alkanes of at least 4 members (excludes halogenated alkanes) is 13. The zero-order valence-electron chi connectivity index (χ0n) is 19.2. The SMILES string of the molecule is CCCCCCCCC(CCCCCC)COC(=O)CCCCCCCCO. The molecule has 1 N–H and O–H groups in total. The first-order valence-corrected chi connectivity index (χ1v) is 12.5. The van der Waals surface area contributed by atoms with Crippen molar-refractivity contribution in [1.82, 2.24) is 0 Å². The fourth-order valence-electron chi connectivity index (χ4n) is 3.76. The van der Waals surface area contributed by atoms with Crippen LogP contribution in [0.4, 0.5) is 0 Å². The molecule has 3 heteroatoms. The molecule has 0 heterocycles. The molecule has 0 amide bonds. The van der Waals surface area contributed by atoms with Gasteiger partial charge in [0.05, 0.1) is 6.61 Å². The van der Waals surface area contributed by atoms with Gasteiger partial charge in [0.15, 0.2) is 0 Å². The highest BCUT2D eigenvalue weighted by Crippen LogP contribution is 2.20. The minimum Gasteiger partial charge on any atom is -0.465 e. The Hall–Kier alpha value is -0.570. The van der Waals surface area contributed by atoms with Gasteiger partial charge in [0.1, 0.15) is 0 Å². The third-order valence-corrected chi connectivity index (χ3v) is 5.70. The Morgan fingerprint density at radius 3 is 1.71 bits per heavy atom. The molecule has 0 aliphatic heterocycles. The van der Waals surface area contributed by atoms with Crippen LogP contribution in [0.1, 0.15) is 136 Å². The van der Waals surface area contributed by atoms with Crippen molar-refractivity contribution in [1.29, 1.82) is 0 Å². The van der Waals surface area contributed by atoms with Crippen LogP contribution in [0.3, 0.4) is 0 Å². The van der Waals surface area contributed by atoms with Crippen molar-refractivity contribution < 1.29 is 14.6 Å². The van der Waals surface area contributed by atoms with Crippen LogP contribution >= 0.6 is 0 Å². The molecular formula is C25H50O3. The Morgan fingerprint density at radius 1 is 0.679 bits per heavy atom. The van der Waals surface area contributed by atoms with E-state index in [0.29, 0.717) is 25.6 Å². The Labute approximate surface area is 176 Å². The van der Waals surface area contributed by atoms with Crippen molar-refractivity contribution in [3.63, 3.8) is 0 Å². The second-order valence-corrected chi connectivity index (χ2v) is 8.55. The molecule has 0 aromatic heterocycles. The summed E-state index contributed by atoms with van der Waals surface area (Å²) >= 11 is 0. The van der Waals surface area contributed by atoms with Gasteiger partial charge < -0.3 is 9.84 Å². The Balaban J connectivity index is 3.87. The standard InChI is InChI=1S/C25H50O3/c1-3-5-7-9-12-16-20-24(19-15-8-6-4-2)23-28-25(27)21-17-13-10-11-14-18-22-26/h24,26H,3-23H2,1-2H3. The maximum absolute atomic E-state index is 12.1. The molecule has 1 unspecified atom stereocenters. The van der Waals surface area contributed by atoms with Crippen molar-refractivity contribution in [3.8, 4) is 0 Å². The summed E-state index contributed by atoms with van der Waals surface area (Å²) in [4.78, 5) is 12.1. The topological polar surface area (TPSA) is 46.5 Å². The van der Waals surface area contributed by atoms with E-state index in [-0.39, 0.29) is 5.97 Å². The lowest BCUT2D eigenvalue weighted by molar-refractivity contribution is -0.145. The van der Waals surface area contributed by atoms with E-state index in [9.17, 15) is 4.79 Å². The predicted molar refractivity (Wildman–Crippen MR) is 121 cm³/mol. The molecule has 0 aliphatic carbocycles. The summed E-state index contributed by atoms with van der Waals surface area (Å²) in [6.07, 6.45) is 22.5. The largest absolute Gasteiger partial charge is 0.465 e. The number of ether oxygens (including phenoxy) is 1. The number of aliphatic hydroxyl groups is 1. The summed E-state index contributed by atoms with van der Waals surface area (Å²) in [6.45, 7) is 5.45. The smallest absolute Gasteiger partial charge is 0.305 e. The molecule has 1 atom stereocenters. The highest BCUT2D eigenvalue weighted by Gasteiger charge is 2.12. The van der Waals surface area contributed by atoms with Crippen LogP contribution in [0.5, 0.6) is 0 Å². The average Bonchev–Trinajstić information content (AvgIpc) is 2.70. The van der Waals surface area contributed by atoms with Crippen LogP contribution in [-0.4, -0.2) is 24.3 Å². The molecule has 168 valence electrons. The summed E-state index contributed by atoms with van der Waals surface area (Å²) in [6, 6.07) is 0. The van der Waals surface area contributed by atoms with Crippen molar-refractivity contribution in [2.24, 2.45) is 5.92 Å². The van der Waals surface area contributed by atoms with Gasteiger partial charge in [-0.3, -0.25) is 4.79 Å². The fraction of sp³-hybridized carbons (Fsp3) is 0.960. The summed E-state index contributed by atoms with van der Waals surface area (Å²) in [5.74, 6) is 0.558. The molecule has 0 aliphatic rings. The second-order valence-electron chi connectivity index (χ2n) is 8.55. The molecule has 0 bridgehead atoms. The van der Waals surface area contributed by atoms with E-state index in [0.717, 1.165) is 38.5 Å². The van der Waals surface area contributed by atoms with Gasteiger partial charge >= 0.3 is 5.97 Å². The Kier molecular flexibility index (Phi) is 22.3. The first kappa shape index (κ1) is 27.4. The van der Waals surface area contributed by atoms with Gasteiger partial charge in [-0.1, -0.05) is 104 Å². The first-order chi connectivity index (χ1) is 13.7. The molecular weight excluding hydrogens is 348 g/mol. The van der Waals surface area contributed by atoms with Crippen LogP contribution in [0, 0.1) is 5.92 Å². The lowest BCUT2D eigenvalue weighted by Crippen LogP contribution is -2.14. The molecule has 0 rings (SSSR count). The highest BCUT2D eigenvalue weighted by atomic mass is 16.5. The highest BCUT2D eigenvalue weighted by molar-refractivity contribution is 5.69. The van der Waals surface area contributed by atoms with E-state index < -0.39 is 0 Å². The molecule has 28 heavy (non-hydrogen) atoms. The van der Waals surface area contributed by atoms with E-state index in [4.69, 9.17) is 9.84 Å². The summed E-state index contributed by atoms with van der Waals surface area (Å²) in [5, 5.41) is 8.77. The van der Waals surface area contributed by atoms with Crippen LogP contribution in [0.15, 0.2) is 0 Å². The summed E-state index contributed by atoms with van der Waals surface area (Å²) in [5.41, 5.74) is 0. The second kappa shape index (κ2) is 22.7. The maximum Gasteiger partial charge on any atom is 0.305 e. The molecule has 0 aromatic carbocycles. The molecule has 0 fully saturated rings. The molecule has 3 nitrogen and oxygen atoms in total. The summed E-state index contributed by atoms with van der Waals surface area (Å²) in [7, 11) is 0. The van der Waals surface area contributed by atoms with Gasteiger partial charge in [-0.05, 0) is 31.6 Å². The molecule has 0 saturated carbocycles. The van der Waals surface area contributed by atoms with Crippen LogP contribution in [-0.2, 0) is 9.53 Å². The van der Waals surface area contributed by atoms with E-state index in [1.807, 2.05) is 0 Å². The van der Waals surface area contributed by atoms with Gasteiger partial charge in [0, 0.05) is 13.0 Å². The van der Waals surface area contributed by atoms with E-state index in [2.05, 4.69) is 13.8 Å². The number of aliphatic hydroxyl groups excluding tert-OH is 1. The third kappa shape index (κ3) is 20.2. The van der Waals surface area contributed by atoms with Crippen molar-refractivity contribution in [2.45, 2.75) is 136 Å². The van der Waals surface area contributed by atoms with Gasteiger partial charge in [-0.2, -0.15) is 0 Å². The lowest BCUT2D eigenvalue weighted by atomic mass is 9.95. The molecule has 0 aromatic rings. The average molecular weight is 399 g/mol. The minimum absolute atomic E-state index is 0.00291. The quantitative estimate of drug-likeness (QED) is 0.151. The van der Waals surface area contributed by atoms with E-state index in [1.54, 1.807) is 0 Å². The number of esters is 1. The van der Waals surface area contributed by atoms with Crippen molar-refractivity contribution in [2.75, 3.05) is 13.2 Å². The van der Waals surface area contributed by atoms with Crippen LogP contribution in [0.2, 0.25) is 0 Å². The molecule has 0 spiro atoms. The van der Waals surface area contributed by atoms with Crippen molar-refractivity contribution >= 4 is 5.97 Å². The normalized spacial score (nSPS) is 12.2. The number of carbonyl (C=O) groups excluding carboxylic acids is 1. The van der Waals surface area contributed by atoms with Gasteiger partial charge in [-0.25, -0.2) is 0 Å². The van der Waals surface area contributed by atoms with E-state index in [1.165, 1.54) is 77.0 Å². The fourth-order valence-corrected chi connectivity index (χ4v) is 3.76. The zero-order chi connectivity index (χ0) is 20.7. The van der Waals surface area contributed by atoms with Gasteiger partial charge in [0.2, 0.25) is 0 Å². The number of carbonyl (C=O) groups is 1. The predicted octanol–water partition coefficient (Wildman–Crippen LogP) is 7.59. The first-order valence-electron chi connectivity index (χ1n) is 12.5. The van der Waals surface area contributed by atoms with Crippen LogP contribution in [0.25, 0.3) is 0 Å². The molecule has 0 radical (unpaired) electrons.